The first kappa shape index (κ1) is 27.9. The number of alkyl halides is 2. The van der Waals surface area contributed by atoms with Crippen molar-refractivity contribution < 1.29 is 33.4 Å². The average Bonchev–Trinajstić information content (AvgIpc) is 3.30. The summed E-state index contributed by atoms with van der Waals surface area (Å²) in [6.07, 6.45) is 1.96. The number of carbonyl (C=O) groups is 4. The molecule has 2 aliphatic heterocycles. The highest BCUT2D eigenvalue weighted by Gasteiger charge is 2.76. The van der Waals surface area contributed by atoms with Gasteiger partial charge in [0, 0.05) is 18.0 Å². The highest BCUT2D eigenvalue weighted by atomic mass is 35.5. The molecule has 4 amide bonds. The lowest BCUT2D eigenvalue weighted by Crippen LogP contribution is -2.60. The monoisotopic (exact) mass is 600 g/mol. The van der Waals surface area contributed by atoms with Crippen molar-refractivity contribution in [1.82, 2.24) is 4.90 Å². The molecular formula is C30H27Cl2FN2O6. The molecule has 3 fully saturated rings. The standard InChI is InChI=1S/C30H27Cl2FN2O6/c1-2-34-25(37)20-12-11-18-21(23(20)26(34)38)15-29(31)27(39)35(17-9-7-16(33)8-10-17)28(40)30(29,32)24(18)19-5-3-4-6-22(19)41-14-13-36/h3-11,20-21,23-24,36H,2,12-15H2,1H3. The van der Waals surface area contributed by atoms with E-state index in [4.69, 9.17) is 27.9 Å². The fraction of sp³-hybridized carbons (Fsp3) is 0.400. The van der Waals surface area contributed by atoms with E-state index in [2.05, 4.69) is 0 Å². The van der Waals surface area contributed by atoms with Crippen LogP contribution in [0.15, 0.2) is 60.2 Å². The Kier molecular flexibility index (Phi) is 6.75. The van der Waals surface area contributed by atoms with Crippen molar-refractivity contribution in [3.63, 3.8) is 0 Å². The molecule has 11 heteroatoms. The van der Waals surface area contributed by atoms with E-state index in [-0.39, 0.29) is 50.1 Å². The number of para-hydroxylation sites is 1. The molecular weight excluding hydrogens is 574 g/mol. The number of likely N-dealkylation sites (tertiary alicyclic amines) is 1. The van der Waals surface area contributed by atoms with E-state index in [0.717, 1.165) is 17.0 Å². The zero-order valence-corrected chi connectivity index (χ0v) is 23.6. The predicted molar refractivity (Wildman–Crippen MR) is 148 cm³/mol. The molecule has 0 bridgehead atoms. The van der Waals surface area contributed by atoms with Crippen LogP contribution in [0, 0.1) is 23.6 Å². The quantitative estimate of drug-likeness (QED) is 0.307. The fourth-order valence-corrected chi connectivity index (χ4v) is 8.05. The minimum absolute atomic E-state index is 0.0365. The SMILES string of the molecule is CCN1C(=O)C2CC=C3C(CC4(Cl)C(=O)N(c5ccc(F)cc5)C(=O)C4(Cl)C3c3ccccc3OCCO)C2C1=O. The molecule has 2 heterocycles. The van der Waals surface area contributed by atoms with Gasteiger partial charge < -0.3 is 9.84 Å². The molecule has 0 aromatic heterocycles. The zero-order chi connectivity index (χ0) is 29.3. The van der Waals surface area contributed by atoms with Gasteiger partial charge in [-0.1, -0.05) is 29.8 Å². The van der Waals surface area contributed by atoms with Gasteiger partial charge in [0.1, 0.15) is 18.2 Å². The Balaban J connectivity index is 1.57. The van der Waals surface area contributed by atoms with Crippen LogP contribution >= 0.6 is 23.2 Å². The van der Waals surface area contributed by atoms with Crippen LogP contribution in [-0.2, 0) is 19.2 Å². The number of aliphatic hydroxyl groups excluding tert-OH is 1. The molecule has 0 spiro atoms. The predicted octanol–water partition coefficient (Wildman–Crippen LogP) is 3.78. The van der Waals surface area contributed by atoms with Gasteiger partial charge in [0.15, 0.2) is 9.75 Å². The Bertz CT molecular complexity index is 1500. The lowest BCUT2D eigenvalue weighted by atomic mass is 9.56. The lowest BCUT2D eigenvalue weighted by Gasteiger charge is -2.51. The second kappa shape index (κ2) is 9.93. The molecule has 0 radical (unpaired) electrons. The minimum Gasteiger partial charge on any atom is -0.491 e. The van der Waals surface area contributed by atoms with E-state index in [9.17, 15) is 28.7 Å². The molecule has 214 valence electrons. The van der Waals surface area contributed by atoms with E-state index in [1.807, 2.05) is 6.08 Å². The minimum atomic E-state index is -2.05. The number of fused-ring (bicyclic) bond motifs is 4. The molecule has 6 rings (SSSR count). The van der Waals surface area contributed by atoms with Gasteiger partial charge in [-0.05, 0) is 56.0 Å². The number of benzene rings is 2. The van der Waals surface area contributed by atoms with Crippen molar-refractivity contribution in [1.29, 1.82) is 0 Å². The second-order valence-corrected chi connectivity index (χ2v) is 12.0. The number of allylic oxidation sites excluding steroid dienone is 2. The summed E-state index contributed by atoms with van der Waals surface area (Å²) in [6.45, 7) is 1.64. The summed E-state index contributed by atoms with van der Waals surface area (Å²) in [5, 5.41) is 9.43. The number of imide groups is 2. The topological polar surface area (TPSA) is 104 Å². The van der Waals surface area contributed by atoms with Crippen LogP contribution in [0.1, 0.15) is 31.2 Å². The summed E-state index contributed by atoms with van der Waals surface area (Å²) in [7, 11) is 0. The Morgan fingerprint density at radius 1 is 1.00 bits per heavy atom. The maximum absolute atomic E-state index is 14.3. The number of aliphatic hydroxyl groups is 1. The first-order valence-electron chi connectivity index (χ1n) is 13.5. The van der Waals surface area contributed by atoms with Gasteiger partial charge in [0.25, 0.3) is 11.8 Å². The van der Waals surface area contributed by atoms with Crippen molar-refractivity contribution in [2.75, 3.05) is 24.7 Å². The van der Waals surface area contributed by atoms with Crippen LogP contribution in [0.4, 0.5) is 10.1 Å². The van der Waals surface area contributed by atoms with Gasteiger partial charge in [-0.15, -0.1) is 23.2 Å². The number of carbonyl (C=O) groups excluding carboxylic acids is 4. The van der Waals surface area contributed by atoms with Crippen LogP contribution in [0.5, 0.6) is 5.75 Å². The van der Waals surface area contributed by atoms with E-state index >= 15 is 0 Å². The van der Waals surface area contributed by atoms with E-state index < -0.39 is 51.1 Å². The van der Waals surface area contributed by atoms with Crippen molar-refractivity contribution in [3.8, 4) is 5.75 Å². The van der Waals surface area contributed by atoms with Gasteiger partial charge >= 0.3 is 0 Å². The van der Waals surface area contributed by atoms with E-state index in [0.29, 0.717) is 16.9 Å². The molecule has 6 unspecified atom stereocenters. The number of hydrogen-bond acceptors (Lipinski definition) is 6. The summed E-state index contributed by atoms with van der Waals surface area (Å²) >= 11 is 14.7. The largest absolute Gasteiger partial charge is 0.491 e. The van der Waals surface area contributed by atoms with Crippen molar-refractivity contribution >= 4 is 52.5 Å². The third kappa shape index (κ3) is 3.75. The van der Waals surface area contributed by atoms with Gasteiger partial charge in [0.2, 0.25) is 11.8 Å². The summed E-state index contributed by atoms with van der Waals surface area (Å²) < 4.78 is 19.6. The van der Waals surface area contributed by atoms with Crippen molar-refractivity contribution in [3.05, 3.63) is 71.6 Å². The van der Waals surface area contributed by atoms with Gasteiger partial charge in [-0.25, -0.2) is 9.29 Å². The van der Waals surface area contributed by atoms with E-state index in [1.165, 1.54) is 17.0 Å². The summed E-state index contributed by atoms with van der Waals surface area (Å²) in [5.41, 5.74) is 1.21. The molecule has 6 atom stereocenters. The van der Waals surface area contributed by atoms with Crippen LogP contribution in [0.2, 0.25) is 0 Å². The van der Waals surface area contributed by atoms with Gasteiger partial charge in [0.05, 0.1) is 24.1 Å². The molecule has 2 aliphatic carbocycles. The average molecular weight is 601 g/mol. The maximum atomic E-state index is 14.3. The molecule has 1 N–H and O–H groups in total. The lowest BCUT2D eigenvalue weighted by molar-refractivity contribution is -0.140. The molecule has 2 aromatic carbocycles. The molecule has 8 nitrogen and oxygen atoms in total. The van der Waals surface area contributed by atoms with Crippen LogP contribution < -0.4 is 9.64 Å². The Morgan fingerprint density at radius 3 is 2.39 bits per heavy atom. The smallest absolute Gasteiger partial charge is 0.258 e. The number of hydrogen-bond donors (Lipinski definition) is 1. The first-order chi connectivity index (χ1) is 19.6. The third-order valence-electron chi connectivity index (χ3n) is 8.88. The highest BCUT2D eigenvalue weighted by Crippen LogP contribution is 2.66. The number of amides is 4. The fourth-order valence-electron chi connectivity index (χ4n) is 7.13. The molecule has 2 aromatic rings. The molecule has 2 saturated heterocycles. The molecule has 41 heavy (non-hydrogen) atoms. The number of nitrogens with zero attached hydrogens (tertiary/aromatic N) is 2. The second-order valence-electron chi connectivity index (χ2n) is 10.8. The summed E-state index contributed by atoms with van der Waals surface area (Å²) in [4.78, 5) is 53.3. The van der Waals surface area contributed by atoms with E-state index in [1.54, 1.807) is 31.2 Å². The summed E-state index contributed by atoms with van der Waals surface area (Å²) in [5.74, 6) is -5.44. The molecule has 4 aliphatic rings. The number of anilines is 1. The van der Waals surface area contributed by atoms with Crippen molar-refractivity contribution in [2.45, 2.75) is 35.4 Å². The Hall–Kier alpha value is -3.27. The van der Waals surface area contributed by atoms with Crippen LogP contribution in [-0.4, -0.2) is 63.1 Å². The van der Waals surface area contributed by atoms with Crippen LogP contribution in [0.25, 0.3) is 0 Å². The van der Waals surface area contributed by atoms with Gasteiger partial charge in [-0.3, -0.25) is 24.1 Å². The third-order valence-corrected chi connectivity index (χ3v) is 10.3. The highest BCUT2D eigenvalue weighted by molar-refractivity contribution is 6.58. The maximum Gasteiger partial charge on any atom is 0.258 e. The first-order valence-corrected chi connectivity index (χ1v) is 14.3. The number of rotatable bonds is 6. The number of halogens is 3. The Morgan fingerprint density at radius 2 is 1.71 bits per heavy atom. The van der Waals surface area contributed by atoms with Crippen molar-refractivity contribution in [2.24, 2.45) is 17.8 Å². The molecule has 1 saturated carbocycles. The normalized spacial score (nSPS) is 32.6. The zero-order valence-electron chi connectivity index (χ0n) is 22.1. The van der Waals surface area contributed by atoms with Gasteiger partial charge in [-0.2, -0.15) is 0 Å². The summed E-state index contributed by atoms with van der Waals surface area (Å²) in [6, 6.07) is 11.7. The van der Waals surface area contributed by atoms with Crippen LogP contribution in [0.3, 0.4) is 0 Å². The number of ether oxygens (including phenoxy) is 1. The Labute approximate surface area is 245 Å².